The number of carbonyl (C=O) groups is 1. The maximum absolute atomic E-state index is 13.6. The maximum Gasteiger partial charge on any atom is 0.298 e. The Hall–Kier alpha value is -4.70. The molecule has 1 aliphatic carbocycles. The van der Waals surface area contributed by atoms with Crippen molar-refractivity contribution in [2.75, 3.05) is 19.5 Å². The van der Waals surface area contributed by atoms with Crippen LogP contribution in [0.1, 0.15) is 40.3 Å². The van der Waals surface area contributed by atoms with Crippen molar-refractivity contribution in [3.8, 4) is 40.3 Å². The van der Waals surface area contributed by atoms with E-state index in [4.69, 9.17) is 9.47 Å². The van der Waals surface area contributed by atoms with Crippen LogP contribution < -0.4 is 20.3 Å². The Morgan fingerprint density at radius 2 is 1.92 bits per heavy atom. The number of nitrogens with zero attached hydrogens (tertiary/aromatic N) is 5. The number of anilines is 1. The number of pyridine rings is 3. The van der Waals surface area contributed by atoms with E-state index in [9.17, 15) is 18.4 Å². The van der Waals surface area contributed by atoms with Crippen molar-refractivity contribution in [1.82, 2.24) is 24.7 Å². The molecule has 198 valence electrons. The van der Waals surface area contributed by atoms with Crippen LogP contribution in [0.25, 0.3) is 16.9 Å². The molecule has 4 heterocycles. The van der Waals surface area contributed by atoms with Crippen LogP contribution >= 0.6 is 11.3 Å². The lowest BCUT2D eigenvalue weighted by Gasteiger charge is -2.15. The van der Waals surface area contributed by atoms with E-state index < -0.39 is 23.6 Å². The summed E-state index contributed by atoms with van der Waals surface area (Å²) in [6.45, 7) is 0. The SMILES string of the molecule is COc1cnc(C(F)F)cc1-c1cc(-n2cccc(OC)c2=O)ncc1C(=O)Nc1nnc(C#CC2CC2)s1. The fraction of sp³-hybridized carbons (Fsp3) is 0.231. The van der Waals surface area contributed by atoms with Gasteiger partial charge in [0.25, 0.3) is 17.9 Å². The van der Waals surface area contributed by atoms with Gasteiger partial charge in [-0.3, -0.25) is 24.5 Å². The quantitative estimate of drug-likeness (QED) is 0.341. The van der Waals surface area contributed by atoms with Gasteiger partial charge in [0.2, 0.25) is 5.13 Å². The minimum atomic E-state index is -2.87. The molecule has 1 amide bonds. The smallest absolute Gasteiger partial charge is 0.298 e. The first-order chi connectivity index (χ1) is 18.9. The number of hydrogen-bond acceptors (Lipinski definition) is 9. The van der Waals surface area contributed by atoms with Gasteiger partial charge in [-0.05, 0) is 43.0 Å². The van der Waals surface area contributed by atoms with Gasteiger partial charge >= 0.3 is 0 Å². The average Bonchev–Trinajstić information content (AvgIpc) is 3.68. The van der Waals surface area contributed by atoms with E-state index in [1.807, 2.05) is 0 Å². The van der Waals surface area contributed by atoms with Crippen LogP contribution in [0.15, 0.2) is 47.7 Å². The zero-order valence-corrected chi connectivity index (χ0v) is 21.5. The first-order valence-electron chi connectivity index (χ1n) is 11.6. The standard InChI is InChI=1S/C26H20F2N6O4S/c1-37-19-4-3-9-34(25(19)36)21-11-15(16-10-18(23(27)28)29-13-20(16)38-2)17(12-30-21)24(35)31-26-33-32-22(39-26)8-7-14-5-6-14/h3-4,9-14,23H,5-6H2,1-2H3,(H,31,33,35). The van der Waals surface area contributed by atoms with E-state index in [1.54, 1.807) is 6.07 Å². The Labute approximate surface area is 224 Å². The Kier molecular flexibility index (Phi) is 7.29. The minimum Gasteiger partial charge on any atom is -0.494 e. The van der Waals surface area contributed by atoms with Gasteiger partial charge < -0.3 is 9.47 Å². The molecule has 0 saturated heterocycles. The molecule has 0 unspecified atom stereocenters. The molecule has 10 nitrogen and oxygen atoms in total. The lowest BCUT2D eigenvalue weighted by molar-refractivity contribution is 0.102. The number of amides is 1. The molecule has 0 aromatic carbocycles. The van der Waals surface area contributed by atoms with Gasteiger partial charge in [-0.15, -0.1) is 10.2 Å². The summed E-state index contributed by atoms with van der Waals surface area (Å²) in [7, 11) is 2.71. The molecule has 1 N–H and O–H groups in total. The predicted molar refractivity (Wildman–Crippen MR) is 139 cm³/mol. The van der Waals surface area contributed by atoms with Gasteiger partial charge in [0.1, 0.15) is 17.3 Å². The number of aromatic nitrogens is 5. The highest BCUT2D eigenvalue weighted by atomic mass is 32.1. The molecule has 4 aromatic heterocycles. The van der Waals surface area contributed by atoms with E-state index in [0.29, 0.717) is 10.9 Å². The molecule has 1 aliphatic rings. The molecule has 0 bridgehead atoms. The van der Waals surface area contributed by atoms with Crippen LogP contribution in [0.5, 0.6) is 11.5 Å². The van der Waals surface area contributed by atoms with Crippen molar-refractivity contribution < 1.29 is 23.0 Å². The Bertz CT molecular complexity index is 1670. The third-order valence-electron chi connectivity index (χ3n) is 5.74. The highest BCUT2D eigenvalue weighted by Crippen LogP contribution is 2.35. The van der Waals surface area contributed by atoms with Gasteiger partial charge in [0.15, 0.2) is 10.8 Å². The summed E-state index contributed by atoms with van der Waals surface area (Å²) < 4.78 is 38.8. The number of nitrogens with one attached hydrogen (secondary N) is 1. The first kappa shape index (κ1) is 25.9. The third-order valence-corrected chi connectivity index (χ3v) is 6.50. The second kappa shape index (κ2) is 11.0. The zero-order valence-electron chi connectivity index (χ0n) is 20.6. The van der Waals surface area contributed by atoms with Gasteiger partial charge in [-0.25, -0.2) is 13.8 Å². The molecule has 39 heavy (non-hydrogen) atoms. The van der Waals surface area contributed by atoms with Crippen LogP contribution in [0.3, 0.4) is 0 Å². The van der Waals surface area contributed by atoms with Crippen LogP contribution in [0.4, 0.5) is 13.9 Å². The molecule has 1 saturated carbocycles. The number of ether oxygens (including phenoxy) is 2. The van der Waals surface area contributed by atoms with E-state index in [-0.39, 0.29) is 39.1 Å². The van der Waals surface area contributed by atoms with Crippen LogP contribution in [0.2, 0.25) is 0 Å². The first-order valence-corrected chi connectivity index (χ1v) is 12.4. The van der Waals surface area contributed by atoms with Crippen molar-refractivity contribution in [1.29, 1.82) is 0 Å². The highest BCUT2D eigenvalue weighted by molar-refractivity contribution is 7.15. The zero-order chi connectivity index (χ0) is 27.5. The van der Waals surface area contributed by atoms with Crippen molar-refractivity contribution >= 4 is 22.4 Å². The highest BCUT2D eigenvalue weighted by Gasteiger charge is 2.23. The summed E-state index contributed by atoms with van der Waals surface area (Å²) in [5.41, 5.74) is -0.677. The van der Waals surface area contributed by atoms with Crippen molar-refractivity contribution in [3.63, 3.8) is 0 Å². The molecule has 4 aromatic rings. The number of alkyl halides is 2. The van der Waals surface area contributed by atoms with Gasteiger partial charge in [0, 0.05) is 29.4 Å². The normalized spacial score (nSPS) is 12.5. The Morgan fingerprint density at radius 1 is 1.13 bits per heavy atom. The van der Waals surface area contributed by atoms with Crippen LogP contribution in [-0.4, -0.2) is 44.9 Å². The van der Waals surface area contributed by atoms with Crippen LogP contribution in [-0.2, 0) is 0 Å². The monoisotopic (exact) mass is 550 g/mol. The molecule has 0 radical (unpaired) electrons. The maximum atomic E-state index is 13.6. The molecular weight excluding hydrogens is 530 g/mol. The predicted octanol–water partition coefficient (Wildman–Crippen LogP) is 4.11. The van der Waals surface area contributed by atoms with Gasteiger partial charge in [-0.1, -0.05) is 17.3 Å². The van der Waals surface area contributed by atoms with E-state index >= 15 is 0 Å². The van der Waals surface area contributed by atoms with Crippen molar-refractivity contribution in [3.05, 3.63) is 69.5 Å². The number of hydrogen-bond donors (Lipinski definition) is 1. The number of methoxy groups -OCH3 is 2. The van der Waals surface area contributed by atoms with Crippen molar-refractivity contribution in [2.24, 2.45) is 5.92 Å². The lowest BCUT2D eigenvalue weighted by atomic mass is 10.00. The fourth-order valence-electron chi connectivity index (χ4n) is 3.62. The van der Waals surface area contributed by atoms with Crippen molar-refractivity contribution in [2.45, 2.75) is 19.3 Å². The van der Waals surface area contributed by atoms with Crippen LogP contribution in [0, 0.1) is 17.8 Å². The van der Waals surface area contributed by atoms with E-state index in [1.165, 1.54) is 43.3 Å². The fourth-order valence-corrected chi connectivity index (χ4v) is 4.22. The number of carbonyl (C=O) groups excluding carboxylic acids is 1. The summed E-state index contributed by atoms with van der Waals surface area (Å²) in [6.07, 6.45) is 3.11. The molecule has 0 aliphatic heterocycles. The van der Waals surface area contributed by atoms with Gasteiger partial charge in [-0.2, -0.15) is 0 Å². The second-order valence-electron chi connectivity index (χ2n) is 8.36. The Balaban J connectivity index is 1.60. The van der Waals surface area contributed by atoms with Gasteiger partial charge in [0.05, 0.1) is 26.0 Å². The Morgan fingerprint density at radius 3 is 2.64 bits per heavy atom. The van der Waals surface area contributed by atoms with E-state index in [0.717, 1.165) is 36.4 Å². The molecule has 1 fully saturated rings. The minimum absolute atomic E-state index is 0.0141. The summed E-state index contributed by atoms with van der Waals surface area (Å²) in [5.74, 6) is 6.10. The second-order valence-corrected chi connectivity index (χ2v) is 9.34. The average molecular weight is 551 g/mol. The lowest BCUT2D eigenvalue weighted by Crippen LogP contribution is -2.21. The molecule has 5 rings (SSSR count). The molecule has 0 atom stereocenters. The number of rotatable bonds is 7. The third kappa shape index (κ3) is 5.60. The summed E-state index contributed by atoms with van der Waals surface area (Å²) >= 11 is 1.11. The summed E-state index contributed by atoms with van der Waals surface area (Å²) in [4.78, 5) is 34.3. The summed E-state index contributed by atoms with van der Waals surface area (Å²) in [6, 6.07) is 5.64. The van der Waals surface area contributed by atoms with E-state index in [2.05, 4.69) is 37.3 Å². The molecule has 0 spiro atoms. The molecule has 13 heteroatoms. The topological polar surface area (TPSA) is 121 Å². The number of halogens is 2. The largest absolute Gasteiger partial charge is 0.494 e. The molecular formula is C26H20F2N6O4S. The summed E-state index contributed by atoms with van der Waals surface area (Å²) in [5, 5.41) is 11.3.